The number of ether oxygens (including phenoxy) is 1. The van der Waals surface area contributed by atoms with Crippen molar-refractivity contribution >= 4 is 28.3 Å². The van der Waals surface area contributed by atoms with E-state index in [9.17, 15) is 23.1 Å². The van der Waals surface area contributed by atoms with E-state index in [4.69, 9.17) is 4.74 Å². The van der Waals surface area contributed by atoms with Crippen molar-refractivity contribution in [2.45, 2.75) is 31.9 Å². The van der Waals surface area contributed by atoms with Gasteiger partial charge in [0.25, 0.3) is 5.78 Å². The third kappa shape index (κ3) is 4.99. The Hall–Kier alpha value is -3.81. The zero-order chi connectivity index (χ0) is 27.2. The Labute approximate surface area is 215 Å². The number of benzene rings is 1. The number of aliphatic hydroxyl groups is 1. The fourth-order valence-electron chi connectivity index (χ4n) is 4.67. The van der Waals surface area contributed by atoms with Crippen molar-refractivity contribution in [2.75, 3.05) is 25.5 Å². The molecule has 0 aliphatic carbocycles. The minimum Gasteiger partial charge on any atom is -0.389 e. The van der Waals surface area contributed by atoms with Crippen molar-refractivity contribution in [2.24, 2.45) is 7.05 Å². The summed E-state index contributed by atoms with van der Waals surface area (Å²) in [6.45, 7) is 3.61. The van der Waals surface area contributed by atoms with Gasteiger partial charge in [0.05, 0.1) is 23.5 Å². The molecule has 0 bridgehead atoms. The Balaban J connectivity index is 1.37. The van der Waals surface area contributed by atoms with E-state index in [1.165, 1.54) is 16.8 Å². The molecule has 10 nitrogen and oxygen atoms in total. The molecule has 0 radical (unpaired) electrons. The van der Waals surface area contributed by atoms with Gasteiger partial charge in [0.2, 0.25) is 5.95 Å². The minimum atomic E-state index is -4.98. The summed E-state index contributed by atoms with van der Waals surface area (Å²) >= 11 is 0. The van der Waals surface area contributed by atoms with Gasteiger partial charge < -0.3 is 19.7 Å². The summed E-state index contributed by atoms with van der Waals surface area (Å²) in [5.41, 5.74) is 2.27. The van der Waals surface area contributed by atoms with Crippen LogP contribution < -0.4 is 5.32 Å². The van der Waals surface area contributed by atoms with Crippen molar-refractivity contribution in [3.63, 3.8) is 0 Å². The van der Waals surface area contributed by atoms with Gasteiger partial charge in [-0.2, -0.15) is 23.3 Å². The topological polar surface area (TPSA) is 110 Å². The van der Waals surface area contributed by atoms with Crippen LogP contribution in [0.15, 0.2) is 42.9 Å². The molecule has 1 aliphatic rings. The molecule has 2 N–H and O–H groups in total. The number of methoxy groups -OCH3 is 1. The molecule has 0 amide bonds. The van der Waals surface area contributed by atoms with E-state index >= 15 is 0 Å². The van der Waals surface area contributed by atoms with E-state index < -0.39 is 23.6 Å². The first-order valence-electron chi connectivity index (χ1n) is 11.8. The normalized spacial score (nSPS) is 18.4. The van der Waals surface area contributed by atoms with Gasteiger partial charge in [0, 0.05) is 80.6 Å². The number of aryl methyl sites for hydroxylation is 2. The summed E-state index contributed by atoms with van der Waals surface area (Å²) < 4.78 is 47.7. The number of carbonyl (C=O) groups is 1. The number of Topliss-reactive ketones (excluding diaryl/α,β-unsaturated/α-hetero) is 1. The molecule has 4 aromatic rings. The number of anilines is 2. The lowest BCUT2D eigenvalue weighted by atomic mass is 10.1. The molecule has 5 rings (SSSR count). The molecule has 200 valence electrons. The molecular weight excluding hydrogens is 503 g/mol. The Morgan fingerprint density at radius 1 is 1.24 bits per heavy atom. The predicted molar refractivity (Wildman–Crippen MR) is 133 cm³/mol. The molecular formula is C25H26F3N7O3. The summed E-state index contributed by atoms with van der Waals surface area (Å²) in [7, 11) is 3.16. The molecule has 1 aliphatic heterocycles. The van der Waals surface area contributed by atoms with E-state index in [2.05, 4.69) is 25.3 Å². The molecule has 13 heteroatoms. The lowest BCUT2D eigenvalue weighted by Gasteiger charge is -2.14. The van der Waals surface area contributed by atoms with Gasteiger partial charge in [-0.1, -0.05) is 0 Å². The number of hydrogen-bond acceptors (Lipinski definition) is 8. The molecule has 0 saturated carbocycles. The van der Waals surface area contributed by atoms with E-state index in [0.29, 0.717) is 36.7 Å². The van der Waals surface area contributed by atoms with E-state index in [1.807, 2.05) is 13.1 Å². The Morgan fingerprint density at radius 2 is 2.03 bits per heavy atom. The monoisotopic (exact) mass is 529 g/mol. The number of nitrogens with one attached hydrogen (secondary N) is 1. The molecule has 1 fully saturated rings. The molecule has 3 aromatic heterocycles. The number of aromatic nitrogens is 5. The van der Waals surface area contributed by atoms with Crippen molar-refractivity contribution in [1.29, 1.82) is 0 Å². The number of β-amino-alcohol motifs (C(OH)–C–C–N with tert-alkyl or cyclic N) is 1. The number of halogens is 3. The fourth-order valence-corrected chi connectivity index (χ4v) is 4.67. The zero-order valence-electron chi connectivity index (χ0n) is 20.9. The van der Waals surface area contributed by atoms with Crippen molar-refractivity contribution in [1.82, 2.24) is 29.2 Å². The van der Waals surface area contributed by atoms with E-state index in [-0.39, 0.29) is 17.4 Å². The quantitative estimate of drug-likeness (QED) is 0.352. The van der Waals surface area contributed by atoms with E-state index in [0.717, 1.165) is 11.3 Å². The summed E-state index contributed by atoms with van der Waals surface area (Å²) in [5.74, 6) is -1.20. The number of nitrogens with zero attached hydrogens (tertiary/aromatic N) is 6. The van der Waals surface area contributed by atoms with Gasteiger partial charge >= 0.3 is 6.18 Å². The highest BCUT2D eigenvalue weighted by molar-refractivity contribution is 6.11. The standard InChI is InChI=1S/C25H26F3N7O3/c1-14-15(9-34-12-20(36)21(13-34)38-3)10-35(32-14)22-6-7-29-24(31-22)30-16-4-5-19-17(8-16)18(11-33(19)2)23(37)25(26,27)28/h4-8,10-11,20-21,36H,9,12-13H2,1-3H3,(H,29,30,31)/t20-,21+/m0/s1. The van der Waals surface area contributed by atoms with Crippen LogP contribution in [0.2, 0.25) is 0 Å². The maximum Gasteiger partial charge on any atom is 0.454 e. The maximum absolute atomic E-state index is 13.1. The van der Waals surface area contributed by atoms with Crippen molar-refractivity contribution < 1.29 is 27.8 Å². The van der Waals surface area contributed by atoms with Crippen LogP contribution in [0.4, 0.5) is 24.8 Å². The first-order valence-corrected chi connectivity index (χ1v) is 11.8. The summed E-state index contributed by atoms with van der Waals surface area (Å²) in [6, 6.07) is 6.45. The van der Waals surface area contributed by atoms with Crippen LogP contribution in [0.1, 0.15) is 21.6 Å². The number of carbonyl (C=O) groups excluding carboxylic acids is 1. The number of alkyl halides is 3. The number of hydrogen-bond donors (Lipinski definition) is 2. The lowest BCUT2D eigenvalue weighted by Crippen LogP contribution is -2.25. The molecule has 2 atom stereocenters. The highest BCUT2D eigenvalue weighted by Crippen LogP contribution is 2.30. The number of rotatable bonds is 7. The number of ketones is 1. The van der Waals surface area contributed by atoms with Crippen LogP contribution in [0.25, 0.3) is 16.7 Å². The number of fused-ring (bicyclic) bond motifs is 1. The third-order valence-electron chi connectivity index (χ3n) is 6.63. The van der Waals surface area contributed by atoms with Crippen LogP contribution in [-0.2, 0) is 18.3 Å². The van der Waals surface area contributed by atoms with Gasteiger partial charge in [0.15, 0.2) is 5.82 Å². The minimum absolute atomic E-state index is 0.172. The summed E-state index contributed by atoms with van der Waals surface area (Å²) in [4.78, 5) is 22.7. The number of aliphatic hydroxyl groups excluding tert-OH is 1. The van der Waals surface area contributed by atoms with Crippen LogP contribution in [0, 0.1) is 6.92 Å². The molecule has 4 heterocycles. The number of likely N-dealkylation sites (tertiary alicyclic amines) is 1. The second-order valence-corrected chi connectivity index (χ2v) is 9.30. The predicted octanol–water partition coefficient (Wildman–Crippen LogP) is 3.14. The fraction of sp³-hybridized carbons (Fsp3) is 0.360. The van der Waals surface area contributed by atoms with Crippen LogP contribution in [-0.4, -0.2) is 78.7 Å². The average molecular weight is 530 g/mol. The third-order valence-corrected chi connectivity index (χ3v) is 6.63. The molecule has 0 spiro atoms. The van der Waals surface area contributed by atoms with Gasteiger partial charge in [-0.05, 0) is 25.1 Å². The van der Waals surface area contributed by atoms with Crippen molar-refractivity contribution in [3.8, 4) is 5.82 Å². The smallest absolute Gasteiger partial charge is 0.389 e. The second kappa shape index (κ2) is 9.82. The van der Waals surface area contributed by atoms with Gasteiger partial charge in [0.1, 0.15) is 0 Å². The molecule has 0 unspecified atom stereocenters. The average Bonchev–Trinajstić information content (AvgIpc) is 3.52. The Morgan fingerprint density at radius 3 is 2.74 bits per heavy atom. The highest BCUT2D eigenvalue weighted by atomic mass is 19.4. The SMILES string of the molecule is CO[C@@H]1CN(Cc2cn(-c3ccnc(Nc4ccc5c(c4)c(C(=O)C(F)(F)F)cn5C)n3)nc2C)C[C@@H]1O. The van der Waals surface area contributed by atoms with Gasteiger partial charge in [-0.3, -0.25) is 9.69 Å². The van der Waals surface area contributed by atoms with Crippen LogP contribution in [0.5, 0.6) is 0 Å². The van der Waals surface area contributed by atoms with Gasteiger partial charge in [-0.15, -0.1) is 0 Å². The first kappa shape index (κ1) is 25.8. The lowest BCUT2D eigenvalue weighted by molar-refractivity contribution is -0.0884. The summed E-state index contributed by atoms with van der Waals surface area (Å²) in [6.07, 6.45) is -1.16. The highest BCUT2D eigenvalue weighted by Gasteiger charge is 2.40. The Kier molecular flexibility index (Phi) is 6.67. The maximum atomic E-state index is 13.1. The molecule has 38 heavy (non-hydrogen) atoms. The van der Waals surface area contributed by atoms with E-state index in [1.54, 1.807) is 43.2 Å². The largest absolute Gasteiger partial charge is 0.454 e. The molecule has 1 aromatic carbocycles. The zero-order valence-corrected chi connectivity index (χ0v) is 20.9. The van der Waals surface area contributed by atoms with Crippen LogP contribution >= 0.6 is 0 Å². The Bertz CT molecular complexity index is 1500. The molecule has 1 saturated heterocycles. The van der Waals surface area contributed by atoms with Crippen LogP contribution in [0.3, 0.4) is 0 Å². The second-order valence-electron chi connectivity index (χ2n) is 9.30. The summed E-state index contributed by atoms with van der Waals surface area (Å²) in [5, 5.41) is 17.8. The van der Waals surface area contributed by atoms with Crippen molar-refractivity contribution in [3.05, 3.63) is 59.7 Å². The first-order chi connectivity index (χ1) is 18.0. The van der Waals surface area contributed by atoms with Gasteiger partial charge in [-0.25, -0.2) is 9.67 Å².